The standard InChI is InChI=1S/C15H9Br2ClN2O/c16-9-4-1-3-8(7-9)12-14(21-20-15(12)19)10-5-2-6-11(17)13(10)18/h1-7H,(H2,19,20). The summed E-state index contributed by atoms with van der Waals surface area (Å²) in [7, 11) is 0. The van der Waals surface area contributed by atoms with Crippen LogP contribution < -0.4 is 5.73 Å². The third-order valence-corrected chi connectivity index (χ3v) is 4.82. The van der Waals surface area contributed by atoms with E-state index in [1.165, 1.54) is 0 Å². The first kappa shape index (κ1) is 14.6. The van der Waals surface area contributed by atoms with Crippen molar-refractivity contribution >= 4 is 49.3 Å². The molecule has 1 aromatic heterocycles. The van der Waals surface area contributed by atoms with Crippen molar-refractivity contribution in [2.45, 2.75) is 0 Å². The summed E-state index contributed by atoms with van der Waals surface area (Å²) in [5, 5.41) is 4.44. The maximum atomic E-state index is 6.34. The van der Waals surface area contributed by atoms with E-state index in [2.05, 4.69) is 37.0 Å². The van der Waals surface area contributed by atoms with Gasteiger partial charge in [0.15, 0.2) is 11.6 Å². The van der Waals surface area contributed by atoms with Gasteiger partial charge in [-0.3, -0.25) is 0 Å². The van der Waals surface area contributed by atoms with Crippen LogP contribution in [-0.2, 0) is 0 Å². The molecule has 0 saturated carbocycles. The van der Waals surface area contributed by atoms with Crippen molar-refractivity contribution < 1.29 is 4.52 Å². The van der Waals surface area contributed by atoms with Crippen molar-refractivity contribution in [1.29, 1.82) is 0 Å². The fourth-order valence-electron chi connectivity index (χ4n) is 2.09. The van der Waals surface area contributed by atoms with Gasteiger partial charge in [-0.1, -0.05) is 50.9 Å². The lowest BCUT2D eigenvalue weighted by atomic mass is 10.0. The third-order valence-electron chi connectivity index (χ3n) is 3.03. The van der Waals surface area contributed by atoms with Gasteiger partial charge >= 0.3 is 0 Å². The van der Waals surface area contributed by atoms with Crippen molar-refractivity contribution in [3.8, 4) is 22.5 Å². The van der Waals surface area contributed by atoms with E-state index in [1.807, 2.05) is 42.5 Å². The van der Waals surface area contributed by atoms with E-state index in [-0.39, 0.29) is 0 Å². The number of anilines is 1. The van der Waals surface area contributed by atoms with Crippen molar-refractivity contribution in [2.24, 2.45) is 0 Å². The third kappa shape index (κ3) is 2.73. The predicted octanol–water partition coefficient (Wildman–Crippen LogP) is 5.77. The molecule has 0 atom stereocenters. The lowest BCUT2D eigenvalue weighted by molar-refractivity contribution is 0.436. The average molecular weight is 429 g/mol. The van der Waals surface area contributed by atoms with Gasteiger partial charge in [-0.15, -0.1) is 0 Å². The zero-order valence-electron chi connectivity index (χ0n) is 10.6. The number of benzene rings is 2. The predicted molar refractivity (Wildman–Crippen MR) is 92.2 cm³/mol. The average Bonchev–Trinajstić information content (AvgIpc) is 2.83. The molecule has 0 aliphatic heterocycles. The van der Waals surface area contributed by atoms with Gasteiger partial charge in [-0.05, 0) is 45.8 Å². The molecular formula is C15H9Br2ClN2O. The van der Waals surface area contributed by atoms with Crippen LogP contribution in [0.5, 0.6) is 0 Å². The summed E-state index contributed by atoms with van der Waals surface area (Å²) in [5.74, 6) is 0.885. The Labute approximate surface area is 143 Å². The first-order valence-electron chi connectivity index (χ1n) is 6.03. The Bertz CT molecular complexity index is 817. The van der Waals surface area contributed by atoms with Crippen molar-refractivity contribution in [1.82, 2.24) is 5.16 Å². The molecule has 2 N–H and O–H groups in total. The second-order valence-corrected chi connectivity index (χ2v) is 6.53. The summed E-state index contributed by atoms with van der Waals surface area (Å²) in [5.41, 5.74) is 8.36. The number of hydrogen-bond acceptors (Lipinski definition) is 3. The number of nitrogens with two attached hydrogens (primary N) is 1. The molecule has 106 valence electrons. The molecule has 0 fully saturated rings. The van der Waals surface area contributed by atoms with Crippen LogP contribution >= 0.6 is 43.5 Å². The maximum absolute atomic E-state index is 6.34. The van der Waals surface area contributed by atoms with E-state index in [9.17, 15) is 0 Å². The molecule has 3 nitrogen and oxygen atoms in total. The number of nitrogens with zero attached hydrogens (tertiary/aromatic N) is 1. The summed E-state index contributed by atoms with van der Waals surface area (Å²) in [6, 6.07) is 13.4. The van der Waals surface area contributed by atoms with Crippen LogP contribution in [0.15, 0.2) is 55.9 Å². The molecule has 2 aromatic carbocycles. The summed E-state index contributed by atoms with van der Waals surface area (Å²) in [6.45, 7) is 0. The van der Waals surface area contributed by atoms with Gasteiger partial charge in [0.25, 0.3) is 0 Å². The number of halogens is 3. The normalized spacial score (nSPS) is 10.8. The van der Waals surface area contributed by atoms with Crippen LogP contribution in [0.3, 0.4) is 0 Å². The van der Waals surface area contributed by atoms with Crippen LogP contribution in [0.2, 0.25) is 5.02 Å². The zero-order chi connectivity index (χ0) is 15.0. The van der Waals surface area contributed by atoms with E-state index < -0.39 is 0 Å². The Morgan fingerprint density at radius 3 is 2.62 bits per heavy atom. The van der Waals surface area contributed by atoms with E-state index in [0.717, 1.165) is 25.6 Å². The fourth-order valence-corrected chi connectivity index (χ4v) is 3.07. The Balaban J connectivity index is 2.24. The highest BCUT2D eigenvalue weighted by Crippen LogP contribution is 2.41. The molecular weight excluding hydrogens is 419 g/mol. The van der Waals surface area contributed by atoms with Gasteiger partial charge in [-0.25, -0.2) is 0 Å². The molecule has 0 amide bonds. The van der Waals surface area contributed by atoms with Gasteiger partial charge in [0, 0.05) is 14.5 Å². The van der Waals surface area contributed by atoms with E-state index in [1.54, 1.807) is 0 Å². The van der Waals surface area contributed by atoms with Gasteiger partial charge in [-0.2, -0.15) is 0 Å². The molecule has 1 heterocycles. The molecule has 0 aliphatic rings. The number of aromatic nitrogens is 1. The molecule has 0 bridgehead atoms. The second-order valence-electron chi connectivity index (χ2n) is 4.38. The van der Waals surface area contributed by atoms with E-state index in [4.69, 9.17) is 21.9 Å². The van der Waals surface area contributed by atoms with Crippen LogP contribution in [-0.4, -0.2) is 5.16 Å². The van der Waals surface area contributed by atoms with Crippen LogP contribution in [0, 0.1) is 0 Å². The quantitative estimate of drug-likeness (QED) is 0.564. The van der Waals surface area contributed by atoms with Crippen LogP contribution in [0.4, 0.5) is 5.82 Å². The highest BCUT2D eigenvalue weighted by Gasteiger charge is 2.20. The lowest BCUT2D eigenvalue weighted by Crippen LogP contribution is -1.89. The molecule has 3 rings (SSSR count). The molecule has 6 heteroatoms. The smallest absolute Gasteiger partial charge is 0.178 e. The minimum absolute atomic E-state index is 0.333. The first-order valence-corrected chi connectivity index (χ1v) is 8.00. The highest BCUT2D eigenvalue weighted by atomic mass is 79.9. The minimum atomic E-state index is 0.333. The van der Waals surface area contributed by atoms with Gasteiger partial charge in [0.2, 0.25) is 0 Å². The maximum Gasteiger partial charge on any atom is 0.178 e. The Hall–Kier alpha value is -1.30. The molecule has 0 radical (unpaired) electrons. The van der Waals surface area contributed by atoms with Gasteiger partial charge in [0.1, 0.15) is 0 Å². The Morgan fingerprint density at radius 1 is 1.10 bits per heavy atom. The van der Waals surface area contributed by atoms with Crippen molar-refractivity contribution in [3.63, 3.8) is 0 Å². The van der Waals surface area contributed by atoms with Gasteiger partial charge < -0.3 is 10.3 Å². The number of rotatable bonds is 2. The Kier molecular flexibility index (Phi) is 4.06. The summed E-state index contributed by atoms with van der Waals surface area (Å²) < 4.78 is 7.16. The molecule has 0 spiro atoms. The zero-order valence-corrected chi connectivity index (χ0v) is 14.5. The Morgan fingerprint density at radius 2 is 1.86 bits per heavy atom. The number of nitrogen functional groups attached to an aromatic ring is 1. The number of hydrogen-bond donors (Lipinski definition) is 1. The van der Waals surface area contributed by atoms with Crippen LogP contribution in [0.25, 0.3) is 22.5 Å². The second kappa shape index (κ2) is 5.83. The molecule has 3 aromatic rings. The topological polar surface area (TPSA) is 52.0 Å². The molecule has 0 aliphatic carbocycles. The van der Waals surface area contributed by atoms with Crippen molar-refractivity contribution in [3.05, 3.63) is 56.4 Å². The monoisotopic (exact) mass is 426 g/mol. The summed E-state index contributed by atoms with van der Waals surface area (Å²) in [6.07, 6.45) is 0. The summed E-state index contributed by atoms with van der Waals surface area (Å²) in [4.78, 5) is 0. The molecule has 0 saturated heterocycles. The highest BCUT2D eigenvalue weighted by molar-refractivity contribution is 9.10. The van der Waals surface area contributed by atoms with Crippen molar-refractivity contribution in [2.75, 3.05) is 5.73 Å². The molecule has 21 heavy (non-hydrogen) atoms. The van der Waals surface area contributed by atoms with E-state index >= 15 is 0 Å². The van der Waals surface area contributed by atoms with Crippen LogP contribution in [0.1, 0.15) is 0 Å². The lowest BCUT2D eigenvalue weighted by Gasteiger charge is -2.06. The minimum Gasteiger partial charge on any atom is -0.380 e. The fraction of sp³-hybridized carbons (Fsp3) is 0. The summed E-state index contributed by atoms with van der Waals surface area (Å²) >= 11 is 13.2. The first-order chi connectivity index (χ1) is 10.1. The van der Waals surface area contributed by atoms with E-state index in [0.29, 0.717) is 16.6 Å². The molecule has 0 unspecified atom stereocenters. The largest absolute Gasteiger partial charge is 0.380 e. The SMILES string of the molecule is Nc1noc(-c2cccc(Br)c2Cl)c1-c1cccc(Br)c1. The van der Waals surface area contributed by atoms with Gasteiger partial charge in [0.05, 0.1) is 10.6 Å².